The van der Waals surface area contributed by atoms with Gasteiger partial charge in [0, 0.05) is 13.0 Å². The topological polar surface area (TPSA) is 36.4 Å². The van der Waals surface area contributed by atoms with Gasteiger partial charge in [0.1, 0.15) is 11.5 Å². The molecular formula is C15H24FN3O. The zero-order valence-electron chi connectivity index (χ0n) is 12.6. The summed E-state index contributed by atoms with van der Waals surface area (Å²) in [6.45, 7) is 5.78. The van der Waals surface area contributed by atoms with Crippen molar-refractivity contribution in [3.63, 3.8) is 0 Å². The summed E-state index contributed by atoms with van der Waals surface area (Å²) in [5, 5.41) is 0. The smallest absolute Gasteiger partial charge is 0.182 e. The highest BCUT2D eigenvalue weighted by Gasteiger charge is 2.10. The molecule has 1 aromatic rings. The molecule has 0 aromatic carbocycles. The van der Waals surface area contributed by atoms with E-state index in [2.05, 4.69) is 35.8 Å². The molecule has 0 aliphatic rings. The Bertz CT molecular complexity index is 406. The van der Waals surface area contributed by atoms with Crippen molar-refractivity contribution in [3.8, 4) is 0 Å². The van der Waals surface area contributed by atoms with E-state index in [0.717, 1.165) is 38.8 Å². The number of aromatic nitrogens is 1. The van der Waals surface area contributed by atoms with Crippen LogP contribution in [-0.4, -0.2) is 60.8 Å². The van der Waals surface area contributed by atoms with E-state index in [1.54, 1.807) is 0 Å². The van der Waals surface area contributed by atoms with Crippen LogP contribution in [0.3, 0.4) is 0 Å². The molecule has 20 heavy (non-hydrogen) atoms. The van der Waals surface area contributed by atoms with Gasteiger partial charge in [-0.1, -0.05) is 6.92 Å². The molecule has 0 amide bonds. The normalized spacial score (nSPS) is 11.3. The summed E-state index contributed by atoms with van der Waals surface area (Å²) >= 11 is 0. The molecule has 1 aromatic heterocycles. The zero-order valence-corrected chi connectivity index (χ0v) is 12.6. The van der Waals surface area contributed by atoms with Gasteiger partial charge in [-0.15, -0.1) is 0 Å². The summed E-state index contributed by atoms with van der Waals surface area (Å²) in [7, 11) is 4.11. The van der Waals surface area contributed by atoms with Crippen LogP contribution in [0.5, 0.6) is 0 Å². The number of Topliss-reactive ketones (excluding diaryl/α,β-unsaturated/α-hetero) is 1. The van der Waals surface area contributed by atoms with Gasteiger partial charge >= 0.3 is 0 Å². The van der Waals surface area contributed by atoms with Gasteiger partial charge in [0.25, 0.3) is 0 Å². The monoisotopic (exact) mass is 281 g/mol. The summed E-state index contributed by atoms with van der Waals surface area (Å²) in [4.78, 5) is 20.2. The number of halogens is 1. The molecule has 0 aliphatic carbocycles. The van der Waals surface area contributed by atoms with Crippen molar-refractivity contribution in [2.45, 2.75) is 19.8 Å². The predicted molar refractivity (Wildman–Crippen MR) is 78.4 cm³/mol. The quantitative estimate of drug-likeness (QED) is 0.649. The summed E-state index contributed by atoms with van der Waals surface area (Å²) in [5.74, 6) is -0.448. The molecule has 0 saturated heterocycles. The fourth-order valence-electron chi connectivity index (χ4n) is 1.97. The number of ketones is 1. The summed E-state index contributed by atoms with van der Waals surface area (Å²) in [6.07, 6.45) is 2.60. The Morgan fingerprint density at radius 3 is 2.55 bits per heavy atom. The van der Waals surface area contributed by atoms with Gasteiger partial charge in [0.15, 0.2) is 5.78 Å². The second-order valence-electron chi connectivity index (χ2n) is 5.13. The molecule has 112 valence electrons. The molecule has 0 spiro atoms. The first kappa shape index (κ1) is 16.7. The minimum Gasteiger partial charge on any atom is -0.309 e. The highest BCUT2D eigenvalue weighted by molar-refractivity contribution is 5.94. The minimum absolute atomic E-state index is 0.0314. The van der Waals surface area contributed by atoms with Crippen LogP contribution in [0.1, 0.15) is 30.3 Å². The van der Waals surface area contributed by atoms with Gasteiger partial charge < -0.3 is 9.80 Å². The maximum absolute atomic E-state index is 12.7. The van der Waals surface area contributed by atoms with E-state index in [9.17, 15) is 9.18 Å². The lowest BCUT2D eigenvalue weighted by atomic mass is 10.2. The van der Waals surface area contributed by atoms with Crippen molar-refractivity contribution in [3.05, 3.63) is 29.8 Å². The molecular weight excluding hydrogens is 257 g/mol. The third kappa shape index (κ3) is 6.21. The maximum atomic E-state index is 12.7. The van der Waals surface area contributed by atoms with Gasteiger partial charge in [-0.3, -0.25) is 9.78 Å². The van der Waals surface area contributed by atoms with E-state index in [4.69, 9.17) is 0 Å². The highest BCUT2D eigenvalue weighted by Crippen LogP contribution is 2.04. The Kier molecular flexibility index (Phi) is 7.33. The summed E-state index contributed by atoms with van der Waals surface area (Å²) in [5.41, 5.74) is 0.343. The van der Waals surface area contributed by atoms with E-state index >= 15 is 0 Å². The molecule has 0 N–H and O–H groups in total. The number of rotatable bonds is 9. The third-order valence-corrected chi connectivity index (χ3v) is 3.20. The van der Waals surface area contributed by atoms with Gasteiger partial charge in [0.2, 0.25) is 0 Å². The lowest BCUT2D eigenvalue weighted by Crippen LogP contribution is -2.29. The van der Waals surface area contributed by atoms with Crippen LogP contribution in [0.2, 0.25) is 0 Å². The Hall–Kier alpha value is -1.33. The van der Waals surface area contributed by atoms with Crippen LogP contribution in [0.25, 0.3) is 0 Å². The third-order valence-electron chi connectivity index (χ3n) is 3.20. The molecule has 5 heteroatoms. The lowest BCUT2D eigenvalue weighted by Gasteiger charge is -2.20. The standard InChI is InChI=1S/C15H24FN3O/c1-4-19(10-5-9-18(2)3)11-8-15(20)14-7-6-13(16)12-17-14/h6-7,12H,4-5,8-11H2,1-3H3. The first-order chi connectivity index (χ1) is 9.52. The van der Waals surface area contributed by atoms with Crippen molar-refractivity contribution < 1.29 is 9.18 Å². The molecule has 0 saturated carbocycles. The first-order valence-electron chi connectivity index (χ1n) is 7.04. The average Bonchev–Trinajstić information content (AvgIpc) is 2.42. The molecule has 0 unspecified atom stereocenters. The van der Waals surface area contributed by atoms with Gasteiger partial charge in [0.05, 0.1) is 6.20 Å². The van der Waals surface area contributed by atoms with Crippen molar-refractivity contribution in [1.82, 2.24) is 14.8 Å². The second kappa shape index (κ2) is 8.76. The number of carbonyl (C=O) groups is 1. The molecule has 0 radical (unpaired) electrons. The van der Waals surface area contributed by atoms with Crippen LogP contribution in [0.4, 0.5) is 4.39 Å². The fourth-order valence-corrected chi connectivity index (χ4v) is 1.97. The van der Waals surface area contributed by atoms with Crippen LogP contribution in [-0.2, 0) is 0 Å². The molecule has 1 heterocycles. The number of hydrogen-bond acceptors (Lipinski definition) is 4. The molecule has 0 atom stereocenters. The average molecular weight is 281 g/mol. The molecule has 0 aliphatic heterocycles. The van der Waals surface area contributed by atoms with Crippen molar-refractivity contribution in [2.24, 2.45) is 0 Å². The second-order valence-corrected chi connectivity index (χ2v) is 5.13. The van der Waals surface area contributed by atoms with E-state index in [1.807, 2.05) is 0 Å². The number of pyridine rings is 1. The predicted octanol–water partition coefficient (Wildman–Crippen LogP) is 2.07. The van der Waals surface area contributed by atoms with Crippen molar-refractivity contribution in [1.29, 1.82) is 0 Å². The van der Waals surface area contributed by atoms with Gasteiger partial charge in [-0.05, 0) is 52.3 Å². The Morgan fingerprint density at radius 1 is 1.25 bits per heavy atom. The first-order valence-corrected chi connectivity index (χ1v) is 7.04. The van der Waals surface area contributed by atoms with E-state index in [-0.39, 0.29) is 5.78 Å². The van der Waals surface area contributed by atoms with Gasteiger partial charge in [-0.25, -0.2) is 4.39 Å². The molecule has 1 rings (SSSR count). The minimum atomic E-state index is -0.416. The zero-order chi connectivity index (χ0) is 15.0. The lowest BCUT2D eigenvalue weighted by molar-refractivity contribution is 0.0959. The largest absolute Gasteiger partial charge is 0.309 e. The summed E-state index contributed by atoms with van der Waals surface area (Å²) < 4.78 is 12.7. The molecule has 0 bridgehead atoms. The van der Waals surface area contributed by atoms with Crippen LogP contribution in [0, 0.1) is 5.82 Å². The SMILES string of the molecule is CCN(CCCN(C)C)CCC(=O)c1ccc(F)cn1. The fraction of sp³-hybridized carbons (Fsp3) is 0.600. The molecule has 0 fully saturated rings. The van der Waals surface area contributed by atoms with Gasteiger partial charge in [-0.2, -0.15) is 0 Å². The number of hydrogen-bond donors (Lipinski definition) is 0. The Morgan fingerprint density at radius 2 is 2.00 bits per heavy atom. The van der Waals surface area contributed by atoms with Crippen molar-refractivity contribution >= 4 is 5.78 Å². The van der Waals surface area contributed by atoms with Crippen LogP contribution < -0.4 is 0 Å². The van der Waals surface area contributed by atoms with E-state index in [1.165, 1.54) is 12.1 Å². The van der Waals surface area contributed by atoms with E-state index < -0.39 is 5.82 Å². The maximum Gasteiger partial charge on any atom is 0.182 e. The highest BCUT2D eigenvalue weighted by atomic mass is 19.1. The Labute approximate surface area is 120 Å². The van der Waals surface area contributed by atoms with E-state index in [0.29, 0.717) is 12.1 Å². The molecule has 4 nitrogen and oxygen atoms in total. The number of carbonyl (C=O) groups excluding carboxylic acids is 1. The van der Waals surface area contributed by atoms with Crippen LogP contribution in [0.15, 0.2) is 18.3 Å². The van der Waals surface area contributed by atoms with Crippen molar-refractivity contribution in [2.75, 3.05) is 40.3 Å². The Balaban J connectivity index is 2.36. The summed E-state index contributed by atoms with van der Waals surface area (Å²) in [6, 6.07) is 2.72. The van der Waals surface area contributed by atoms with Crippen LogP contribution >= 0.6 is 0 Å². The number of nitrogens with zero attached hydrogens (tertiary/aromatic N) is 3.